The Kier molecular flexibility index (Phi) is 1.28. The Morgan fingerprint density at radius 2 is 2.10 bits per heavy atom. The molecule has 0 spiro atoms. The van der Waals surface area contributed by atoms with E-state index in [1.165, 1.54) is 18.2 Å². The second-order valence-electron chi connectivity index (χ2n) is 1.74. The molecule has 0 heterocycles. The predicted octanol–water partition coefficient (Wildman–Crippen LogP) is 1.31. The molecule has 0 bridgehead atoms. The van der Waals surface area contributed by atoms with Crippen LogP contribution in [0.5, 0.6) is 0 Å². The summed E-state index contributed by atoms with van der Waals surface area (Å²) in [5.74, 6) is 0. The first-order chi connectivity index (χ1) is 5.66. The SMILES string of the molecule is [2H]C(=O)c1cccc(C=O)c1[2H]. The molecule has 2 nitrogen and oxygen atoms in total. The van der Waals surface area contributed by atoms with E-state index in [0.717, 1.165) is 0 Å². The van der Waals surface area contributed by atoms with Crippen LogP contribution in [0.1, 0.15) is 23.5 Å². The smallest absolute Gasteiger partial charge is 0.150 e. The summed E-state index contributed by atoms with van der Waals surface area (Å²) in [4.78, 5) is 20.9. The fourth-order valence-electron chi connectivity index (χ4n) is 0.615. The van der Waals surface area contributed by atoms with Gasteiger partial charge >= 0.3 is 0 Å². The Balaban J connectivity index is 3.32. The zero-order chi connectivity index (χ0) is 9.14. The molecule has 50 valence electrons. The van der Waals surface area contributed by atoms with Crippen molar-refractivity contribution in [2.24, 2.45) is 0 Å². The van der Waals surface area contributed by atoms with Gasteiger partial charge in [0.1, 0.15) is 13.9 Å². The van der Waals surface area contributed by atoms with Gasteiger partial charge in [0.05, 0.1) is 1.37 Å². The third-order valence-corrected chi connectivity index (χ3v) is 1.05. The summed E-state index contributed by atoms with van der Waals surface area (Å²) in [6.07, 6.45) is -0.446. The largest absolute Gasteiger partial charge is 0.298 e. The monoisotopic (exact) mass is 136 g/mol. The first-order valence-electron chi connectivity index (χ1n) is 3.72. The van der Waals surface area contributed by atoms with Gasteiger partial charge in [0.25, 0.3) is 0 Å². The molecule has 0 unspecified atom stereocenters. The van der Waals surface area contributed by atoms with Gasteiger partial charge in [-0.25, -0.2) is 0 Å². The summed E-state index contributed by atoms with van der Waals surface area (Å²) in [7, 11) is 0. The highest BCUT2D eigenvalue weighted by Crippen LogP contribution is 1.99. The molecule has 0 N–H and O–H groups in total. The molecule has 0 atom stereocenters. The molecule has 0 aliphatic heterocycles. The van der Waals surface area contributed by atoms with E-state index in [4.69, 9.17) is 2.74 Å². The normalized spacial score (nSPS) is 11.6. The molecule has 0 aromatic heterocycles. The Morgan fingerprint density at radius 1 is 1.40 bits per heavy atom. The van der Waals surface area contributed by atoms with Gasteiger partial charge in [0.2, 0.25) is 0 Å². The first-order valence-corrected chi connectivity index (χ1v) is 2.72. The van der Waals surface area contributed by atoms with Crippen LogP contribution in [0.3, 0.4) is 0 Å². The molecular formula is C8H6O2. The average molecular weight is 136 g/mol. The molecule has 0 saturated heterocycles. The zero-order valence-corrected chi connectivity index (χ0v) is 5.13. The van der Waals surface area contributed by atoms with Crippen molar-refractivity contribution in [1.29, 1.82) is 0 Å². The number of carbonyl (C=O) groups excluding carboxylic acids is 2. The molecule has 10 heavy (non-hydrogen) atoms. The number of benzene rings is 1. The molecule has 2 heteroatoms. The van der Waals surface area contributed by atoms with Crippen LogP contribution in [0.15, 0.2) is 24.2 Å². The second-order valence-corrected chi connectivity index (χ2v) is 1.74. The Bertz CT molecular complexity index is 334. The lowest BCUT2D eigenvalue weighted by atomic mass is 10.2. The van der Waals surface area contributed by atoms with Gasteiger partial charge in [0, 0.05) is 11.1 Å². The number of rotatable bonds is 2. The maximum absolute atomic E-state index is 10.6. The number of carbonyl (C=O) groups is 2. The standard InChI is InChI=1S/C8H6O2/c9-5-7-2-1-3-8(4-7)6-10/h1-6H/i4D,5D. The molecule has 0 amide bonds. The van der Waals surface area contributed by atoms with E-state index in [-0.39, 0.29) is 17.2 Å². The first kappa shape index (κ1) is 4.39. The summed E-state index contributed by atoms with van der Waals surface area (Å²) in [5.41, 5.74) is 0.0905. The molecule has 1 aromatic carbocycles. The highest BCUT2D eigenvalue weighted by molar-refractivity contribution is 5.81. The third kappa shape index (κ3) is 1.29. The highest BCUT2D eigenvalue weighted by atomic mass is 16.1. The van der Waals surface area contributed by atoms with Crippen molar-refractivity contribution in [1.82, 2.24) is 0 Å². The molecule has 0 radical (unpaired) electrons. The van der Waals surface area contributed by atoms with Gasteiger partial charge < -0.3 is 0 Å². The minimum atomic E-state index is -0.941. The summed E-state index contributed by atoms with van der Waals surface area (Å²) < 4.78 is 14.1. The number of hydrogen-bond donors (Lipinski definition) is 0. The van der Waals surface area contributed by atoms with Crippen LogP contribution in [0.25, 0.3) is 0 Å². The van der Waals surface area contributed by atoms with Crippen LogP contribution >= 0.6 is 0 Å². The highest BCUT2D eigenvalue weighted by Gasteiger charge is 1.90. The van der Waals surface area contributed by atoms with Crippen molar-refractivity contribution in [3.63, 3.8) is 0 Å². The zero-order valence-electron chi connectivity index (χ0n) is 7.13. The molecule has 1 rings (SSSR count). The number of aldehydes is 2. The average Bonchev–Trinajstić information content (AvgIpc) is 2.04. The Labute approximate surface area is 61.3 Å². The third-order valence-electron chi connectivity index (χ3n) is 1.05. The lowest BCUT2D eigenvalue weighted by Crippen LogP contribution is -1.82. The van der Waals surface area contributed by atoms with Crippen molar-refractivity contribution in [3.8, 4) is 0 Å². The van der Waals surface area contributed by atoms with Gasteiger partial charge in [0.15, 0.2) is 0 Å². The molecule has 0 aliphatic carbocycles. The molecule has 0 saturated carbocycles. The molecule has 0 aliphatic rings. The van der Waals surface area contributed by atoms with E-state index >= 15 is 0 Å². The molecule has 1 aromatic rings. The van der Waals surface area contributed by atoms with E-state index in [1.807, 2.05) is 0 Å². The fourth-order valence-corrected chi connectivity index (χ4v) is 0.615. The fraction of sp³-hybridized carbons (Fsp3) is 0. The van der Waals surface area contributed by atoms with Crippen molar-refractivity contribution in [3.05, 3.63) is 35.4 Å². The Morgan fingerprint density at radius 3 is 2.70 bits per heavy atom. The van der Waals surface area contributed by atoms with Gasteiger partial charge in [-0.15, -0.1) is 0 Å². The minimum Gasteiger partial charge on any atom is -0.298 e. The minimum absolute atomic E-state index is 0.0420. The quantitative estimate of drug-likeness (QED) is 0.574. The van der Waals surface area contributed by atoms with Crippen LogP contribution in [0.2, 0.25) is 0 Å². The van der Waals surface area contributed by atoms with Crippen molar-refractivity contribution >= 4 is 12.5 Å². The summed E-state index contributed by atoms with van der Waals surface area (Å²) >= 11 is 0. The van der Waals surface area contributed by atoms with Crippen molar-refractivity contribution < 1.29 is 12.3 Å². The molecule has 0 fully saturated rings. The van der Waals surface area contributed by atoms with Crippen LogP contribution in [0, 0.1) is 0 Å². The van der Waals surface area contributed by atoms with Crippen molar-refractivity contribution in [2.75, 3.05) is 0 Å². The topological polar surface area (TPSA) is 34.1 Å². The van der Waals surface area contributed by atoms with Gasteiger partial charge in [-0.2, -0.15) is 0 Å². The van der Waals surface area contributed by atoms with E-state index in [1.54, 1.807) is 0 Å². The second kappa shape index (κ2) is 2.92. The van der Waals surface area contributed by atoms with Gasteiger partial charge in [-0.1, -0.05) is 18.2 Å². The predicted molar refractivity (Wildman–Crippen MR) is 37.2 cm³/mol. The Hall–Kier alpha value is -1.44. The van der Waals surface area contributed by atoms with Gasteiger partial charge in [-0.3, -0.25) is 9.59 Å². The lowest BCUT2D eigenvalue weighted by Gasteiger charge is -1.89. The maximum Gasteiger partial charge on any atom is 0.150 e. The molecular weight excluding hydrogens is 128 g/mol. The van der Waals surface area contributed by atoms with Crippen LogP contribution in [0.4, 0.5) is 0 Å². The van der Waals surface area contributed by atoms with Crippen LogP contribution < -0.4 is 0 Å². The number of hydrogen-bond acceptors (Lipinski definition) is 2. The van der Waals surface area contributed by atoms with E-state index in [2.05, 4.69) is 0 Å². The summed E-state index contributed by atoms with van der Waals surface area (Å²) in [6, 6.07) is 4.09. The van der Waals surface area contributed by atoms with Crippen LogP contribution in [-0.4, -0.2) is 12.5 Å². The maximum atomic E-state index is 10.6. The summed E-state index contributed by atoms with van der Waals surface area (Å²) in [5, 5.41) is 0. The lowest BCUT2D eigenvalue weighted by molar-refractivity contribution is 0.112. The van der Waals surface area contributed by atoms with Crippen molar-refractivity contribution in [2.45, 2.75) is 0 Å². The van der Waals surface area contributed by atoms with E-state index in [9.17, 15) is 9.59 Å². The summed E-state index contributed by atoms with van der Waals surface area (Å²) in [6.45, 7) is 0. The van der Waals surface area contributed by atoms with Gasteiger partial charge in [-0.05, 0) is 6.04 Å². The van der Waals surface area contributed by atoms with E-state index in [0.29, 0.717) is 6.29 Å². The van der Waals surface area contributed by atoms with Crippen LogP contribution in [-0.2, 0) is 0 Å². The van der Waals surface area contributed by atoms with E-state index < -0.39 is 6.26 Å².